The zero-order valence-corrected chi connectivity index (χ0v) is 12.5. The van der Waals surface area contributed by atoms with E-state index in [-0.39, 0.29) is 17.5 Å². The van der Waals surface area contributed by atoms with Crippen LogP contribution in [0.25, 0.3) is 6.08 Å². The predicted molar refractivity (Wildman–Crippen MR) is 80.5 cm³/mol. The highest BCUT2D eigenvalue weighted by molar-refractivity contribution is 6.07. The Morgan fingerprint density at radius 3 is 2.48 bits per heavy atom. The summed E-state index contributed by atoms with van der Waals surface area (Å²) >= 11 is 0. The molecular weight excluding hydrogens is 268 g/mol. The van der Waals surface area contributed by atoms with Crippen LogP contribution in [-0.4, -0.2) is 25.0 Å². The van der Waals surface area contributed by atoms with E-state index in [0.717, 1.165) is 11.3 Å². The zero-order chi connectivity index (χ0) is 15.4. The average Bonchev–Trinajstić information content (AvgIpc) is 2.44. The van der Waals surface area contributed by atoms with E-state index in [1.54, 1.807) is 25.3 Å². The maximum atomic E-state index is 12.0. The monoisotopic (exact) mass is 288 g/mol. The molecule has 0 spiro atoms. The average molecular weight is 288 g/mol. The van der Waals surface area contributed by atoms with Gasteiger partial charge in [-0.25, -0.2) is 0 Å². The number of methoxy groups -OCH3 is 1. The molecule has 1 aromatic carbocycles. The number of ether oxygens (including phenoxy) is 1. The van der Waals surface area contributed by atoms with Gasteiger partial charge in [-0.1, -0.05) is 26.0 Å². The fourth-order valence-corrected chi connectivity index (χ4v) is 2.18. The number of hydrogen-bond donors (Lipinski definition) is 2. The van der Waals surface area contributed by atoms with Gasteiger partial charge in [0, 0.05) is 0 Å². The number of piperazine rings is 1. The molecule has 1 atom stereocenters. The van der Waals surface area contributed by atoms with E-state index in [1.807, 2.05) is 26.0 Å². The molecule has 1 aliphatic heterocycles. The third-order valence-electron chi connectivity index (χ3n) is 3.26. The molecule has 1 fully saturated rings. The molecule has 2 amide bonds. The summed E-state index contributed by atoms with van der Waals surface area (Å²) in [7, 11) is 1.59. The van der Waals surface area contributed by atoms with Gasteiger partial charge in [0.05, 0.1) is 7.11 Å². The SMILES string of the molecule is COc1ccc(/C=C2/NC(=O)C(CC(C)C)NC2=O)cc1. The zero-order valence-electron chi connectivity index (χ0n) is 12.5. The molecule has 1 aliphatic rings. The van der Waals surface area contributed by atoms with Crippen LogP contribution in [0.1, 0.15) is 25.8 Å². The Balaban J connectivity index is 2.12. The van der Waals surface area contributed by atoms with E-state index in [1.165, 1.54) is 0 Å². The van der Waals surface area contributed by atoms with Gasteiger partial charge in [-0.05, 0) is 36.1 Å². The molecule has 1 heterocycles. The summed E-state index contributed by atoms with van der Waals surface area (Å²) in [6.07, 6.45) is 2.28. The number of carbonyl (C=O) groups is 2. The minimum atomic E-state index is -0.453. The topological polar surface area (TPSA) is 67.4 Å². The molecule has 0 bridgehead atoms. The molecule has 1 saturated heterocycles. The second-order valence-corrected chi connectivity index (χ2v) is 5.48. The van der Waals surface area contributed by atoms with Crippen molar-refractivity contribution in [1.29, 1.82) is 0 Å². The fraction of sp³-hybridized carbons (Fsp3) is 0.375. The molecule has 1 aromatic rings. The lowest BCUT2D eigenvalue weighted by atomic mass is 10.0. The number of benzene rings is 1. The maximum Gasteiger partial charge on any atom is 0.268 e. The second kappa shape index (κ2) is 6.43. The summed E-state index contributed by atoms with van der Waals surface area (Å²) in [6.45, 7) is 4.03. The van der Waals surface area contributed by atoms with Crippen LogP contribution in [0.15, 0.2) is 30.0 Å². The van der Waals surface area contributed by atoms with Crippen molar-refractivity contribution < 1.29 is 14.3 Å². The molecule has 21 heavy (non-hydrogen) atoms. The Bertz CT molecular complexity index is 561. The van der Waals surface area contributed by atoms with Crippen LogP contribution >= 0.6 is 0 Å². The predicted octanol–water partition coefficient (Wildman–Crippen LogP) is 1.70. The van der Waals surface area contributed by atoms with E-state index in [4.69, 9.17) is 4.74 Å². The van der Waals surface area contributed by atoms with Gasteiger partial charge in [-0.2, -0.15) is 0 Å². The molecule has 2 rings (SSSR count). The van der Waals surface area contributed by atoms with E-state index < -0.39 is 6.04 Å². The van der Waals surface area contributed by atoms with Crippen molar-refractivity contribution >= 4 is 17.9 Å². The fourth-order valence-electron chi connectivity index (χ4n) is 2.18. The van der Waals surface area contributed by atoms with E-state index in [2.05, 4.69) is 10.6 Å². The van der Waals surface area contributed by atoms with Crippen molar-refractivity contribution in [1.82, 2.24) is 10.6 Å². The smallest absolute Gasteiger partial charge is 0.268 e. The van der Waals surface area contributed by atoms with Crippen molar-refractivity contribution in [2.75, 3.05) is 7.11 Å². The van der Waals surface area contributed by atoms with Crippen molar-refractivity contribution in [3.63, 3.8) is 0 Å². The lowest BCUT2D eigenvalue weighted by molar-refractivity contribution is -0.131. The summed E-state index contributed by atoms with van der Waals surface area (Å²) in [4.78, 5) is 24.0. The van der Waals surface area contributed by atoms with E-state index >= 15 is 0 Å². The molecule has 0 radical (unpaired) electrons. The van der Waals surface area contributed by atoms with Crippen LogP contribution in [0, 0.1) is 5.92 Å². The molecule has 112 valence electrons. The number of rotatable bonds is 4. The molecule has 0 aliphatic carbocycles. The lowest BCUT2D eigenvalue weighted by Gasteiger charge is -2.26. The lowest BCUT2D eigenvalue weighted by Crippen LogP contribution is -2.55. The molecule has 5 nitrogen and oxygen atoms in total. The first-order valence-electron chi connectivity index (χ1n) is 6.97. The van der Waals surface area contributed by atoms with Gasteiger partial charge < -0.3 is 15.4 Å². The number of carbonyl (C=O) groups excluding carboxylic acids is 2. The quantitative estimate of drug-likeness (QED) is 0.829. The first-order valence-corrected chi connectivity index (χ1v) is 6.97. The minimum absolute atomic E-state index is 0.164. The van der Waals surface area contributed by atoms with Gasteiger partial charge in [0.2, 0.25) is 5.91 Å². The number of amides is 2. The summed E-state index contributed by atoms with van der Waals surface area (Å²) in [6, 6.07) is 6.80. The molecule has 5 heteroatoms. The molecule has 0 saturated carbocycles. The maximum absolute atomic E-state index is 12.0. The van der Waals surface area contributed by atoms with Gasteiger partial charge in [-0.3, -0.25) is 9.59 Å². The van der Waals surface area contributed by atoms with Gasteiger partial charge in [-0.15, -0.1) is 0 Å². The Labute approximate surface area is 124 Å². The first kappa shape index (κ1) is 15.1. The van der Waals surface area contributed by atoms with Gasteiger partial charge in [0.15, 0.2) is 0 Å². The highest BCUT2D eigenvalue weighted by atomic mass is 16.5. The van der Waals surface area contributed by atoms with E-state index in [0.29, 0.717) is 12.3 Å². The molecule has 2 N–H and O–H groups in total. The molecule has 0 aromatic heterocycles. The minimum Gasteiger partial charge on any atom is -0.497 e. The van der Waals surface area contributed by atoms with Crippen LogP contribution < -0.4 is 15.4 Å². The van der Waals surface area contributed by atoms with Crippen molar-refractivity contribution in [3.05, 3.63) is 35.5 Å². The van der Waals surface area contributed by atoms with Crippen LogP contribution in [0.5, 0.6) is 5.75 Å². The van der Waals surface area contributed by atoms with Gasteiger partial charge >= 0.3 is 0 Å². The summed E-state index contributed by atoms with van der Waals surface area (Å²) in [5, 5.41) is 5.42. The number of nitrogens with one attached hydrogen (secondary N) is 2. The summed E-state index contributed by atoms with van der Waals surface area (Å²) < 4.78 is 5.08. The van der Waals surface area contributed by atoms with Crippen LogP contribution in [0.3, 0.4) is 0 Å². The van der Waals surface area contributed by atoms with Gasteiger partial charge in [0.1, 0.15) is 17.5 Å². The third-order valence-corrected chi connectivity index (χ3v) is 3.26. The van der Waals surface area contributed by atoms with Crippen LogP contribution in [-0.2, 0) is 9.59 Å². The Hall–Kier alpha value is -2.30. The summed E-state index contributed by atoms with van der Waals surface area (Å²) in [5.74, 6) is 0.665. The highest BCUT2D eigenvalue weighted by Gasteiger charge is 2.29. The highest BCUT2D eigenvalue weighted by Crippen LogP contribution is 2.15. The third kappa shape index (κ3) is 3.84. The molecule has 1 unspecified atom stereocenters. The number of hydrogen-bond acceptors (Lipinski definition) is 3. The molecular formula is C16H20N2O3. The normalized spacial score (nSPS) is 20.4. The van der Waals surface area contributed by atoms with Crippen LogP contribution in [0.4, 0.5) is 0 Å². The standard InChI is InChI=1S/C16H20N2O3/c1-10(2)8-13-15(19)18-14(16(20)17-13)9-11-4-6-12(21-3)7-5-11/h4-7,9-10,13H,8H2,1-3H3,(H,17,20)(H,18,19)/b14-9+. The van der Waals surface area contributed by atoms with Crippen LogP contribution in [0.2, 0.25) is 0 Å². The van der Waals surface area contributed by atoms with Crippen molar-refractivity contribution in [2.24, 2.45) is 5.92 Å². The van der Waals surface area contributed by atoms with Gasteiger partial charge in [0.25, 0.3) is 5.91 Å². The Kier molecular flexibility index (Phi) is 4.62. The first-order chi connectivity index (χ1) is 9.99. The Morgan fingerprint density at radius 1 is 1.24 bits per heavy atom. The Morgan fingerprint density at radius 2 is 1.90 bits per heavy atom. The van der Waals surface area contributed by atoms with Crippen molar-refractivity contribution in [3.8, 4) is 5.75 Å². The van der Waals surface area contributed by atoms with Crippen molar-refractivity contribution in [2.45, 2.75) is 26.3 Å². The van der Waals surface area contributed by atoms with E-state index in [9.17, 15) is 9.59 Å². The largest absolute Gasteiger partial charge is 0.497 e. The second-order valence-electron chi connectivity index (χ2n) is 5.48. The summed E-state index contributed by atoms with van der Waals surface area (Å²) in [5.41, 5.74) is 1.09.